The van der Waals surface area contributed by atoms with E-state index in [1.54, 1.807) is 0 Å². The molecule has 0 bridgehead atoms. The van der Waals surface area contributed by atoms with E-state index in [-0.39, 0.29) is 30.6 Å². The zero-order chi connectivity index (χ0) is 18.6. The Balaban J connectivity index is 1.37. The number of amides is 1. The summed E-state index contributed by atoms with van der Waals surface area (Å²) in [5.74, 6) is -0.0363. The van der Waals surface area contributed by atoms with Gasteiger partial charge >= 0.3 is 0 Å². The van der Waals surface area contributed by atoms with Crippen molar-refractivity contribution in [1.29, 1.82) is 0 Å². The van der Waals surface area contributed by atoms with Gasteiger partial charge < -0.3 is 5.32 Å². The Hall–Kier alpha value is -2.94. The number of hydrogen-bond donors (Lipinski definition) is 1. The zero-order valence-electron chi connectivity index (χ0n) is 15.3. The number of hydrogen-bond acceptors (Lipinski definition) is 2. The number of ketones is 1. The van der Waals surface area contributed by atoms with E-state index in [4.69, 9.17) is 0 Å². The smallest absolute Gasteiger partial charge is 0.220 e. The van der Waals surface area contributed by atoms with Crippen molar-refractivity contribution in [3.63, 3.8) is 0 Å². The maximum Gasteiger partial charge on any atom is 0.220 e. The maximum absolute atomic E-state index is 12.5. The van der Waals surface area contributed by atoms with E-state index in [0.717, 1.165) is 30.0 Å². The van der Waals surface area contributed by atoms with Gasteiger partial charge in [-0.25, -0.2) is 0 Å². The summed E-state index contributed by atoms with van der Waals surface area (Å²) in [6, 6.07) is 22.1. The summed E-state index contributed by atoms with van der Waals surface area (Å²) in [5.41, 5.74) is 3.21. The van der Waals surface area contributed by atoms with Crippen LogP contribution in [0, 0.1) is 0 Å². The van der Waals surface area contributed by atoms with Crippen molar-refractivity contribution in [2.24, 2.45) is 0 Å². The zero-order valence-corrected chi connectivity index (χ0v) is 15.3. The van der Waals surface area contributed by atoms with Gasteiger partial charge in [-0.05, 0) is 47.2 Å². The first kappa shape index (κ1) is 17.5. The molecule has 1 aliphatic carbocycles. The summed E-state index contributed by atoms with van der Waals surface area (Å²) < 4.78 is 0. The molecule has 0 saturated heterocycles. The van der Waals surface area contributed by atoms with Gasteiger partial charge in [-0.3, -0.25) is 9.59 Å². The minimum absolute atomic E-state index is 0.0138. The van der Waals surface area contributed by atoms with Gasteiger partial charge in [-0.1, -0.05) is 60.7 Å². The van der Waals surface area contributed by atoms with E-state index in [9.17, 15) is 9.59 Å². The molecule has 0 radical (unpaired) electrons. The summed E-state index contributed by atoms with van der Waals surface area (Å²) in [4.78, 5) is 24.9. The van der Waals surface area contributed by atoms with Crippen LogP contribution in [0.4, 0.5) is 0 Å². The fourth-order valence-electron chi connectivity index (χ4n) is 3.90. The molecule has 1 atom stereocenters. The standard InChI is InChI=1S/C24H23NO2/c26-23(20-13-12-17-6-1-2-8-19(17)16-20)14-15-24(27)25-22-11-5-9-18-7-3-4-10-21(18)22/h1-4,6-8,10,12-13,16,22H,5,9,11,14-15H2,(H,25,27)/t22-/m1/s1. The number of Topliss-reactive ketones (excluding diaryl/α,β-unsaturated/α-hetero) is 1. The van der Waals surface area contributed by atoms with E-state index in [1.807, 2.05) is 54.6 Å². The second-order valence-electron chi connectivity index (χ2n) is 7.20. The molecule has 0 aliphatic heterocycles. The molecule has 4 rings (SSSR count). The molecule has 0 spiro atoms. The molecule has 3 aromatic carbocycles. The van der Waals surface area contributed by atoms with Gasteiger partial charge in [-0.2, -0.15) is 0 Å². The lowest BCUT2D eigenvalue weighted by Crippen LogP contribution is -2.31. The van der Waals surface area contributed by atoms with Crippen molar-refractivity contribution < 1.29 is 9.59 Å². The predicted molar refractivity (Wildman–Crippen MR) is 108 cm³/mol. The van der Waals surface area contributed by atoms with Crippen molar-refractivity contribution in [1.82, 2.24) is 5.32 Å². The Morgan fingerprint density at radius 1 is 0.889 bits per heavy atom. The first-order chi connectivity index (χ1) is 13.2. The number of rotatable bonds is 5. The molecule has 1 aliphatic rings. The van der Waals surface area contributed by atoms with Gasteiger partial charge in [0.15, 0.2) is 5.78 Å². The van der Waals surface area contributed by atoms with Crippen molar-refractivity contribution in [2.45, 2.75) is 38.1 Å². The summed E-state index contributed by atoms with van der Waals surface area (Å²) >= 11 is 0. The van der Waals surface area contributed by atoms with Crippen LogP contribution in [0.25, 0.3) is 10.8 Å². The minimum atomic E-state index is -0.0501. The molecule has 1 amide bonds. The van der Waals surface area contributed by atoms with E-state index >= 15 is 0 Å². The van der Waals surface area contributed by atoms with Crippen LogP contribution in [0.5, 0.6) is 0 Å². The van der Waals surface area contributed by atoms with Crippen molar-refractivity contribution in [3.8, 4) is 0 Å². The summed E-state index contributed by atoms with van der Waals surface area (Å²) in [5, 5.41) is 5.28. The largest absolute Gasteiger partial charge is 0.349 e. The van der Waals surface area contributed by atoms with Crippen LogP contribution in [0.2, 0.25) is 0 Å². The molecule has 27 heavy (non-hydrogen) atoms. The Morgan fingerprint density at radius 2 is 1.67 bits per heavy atom. The first-order valence-corrected chi connectivity index (χ1v) is 9.60. The molecule has 3 aromatic rings. The van der Waals surface area contributed by atoms with Gasteiger partial charge in [0.1, 0.15) is 0 Å². The molecule has 0 fully saturated rings. The number of carbonyl (C=O) groups is 2. The van der Waals surface area contributed by atoms with Crippen LogP contribution in [-0.4, -0.2) is 11.7 Å². The fourth-order valence-corrected chi connectivity index (χ4v) is 3.90. The highest BCUT2D eigenvalue weighted by Gasteiger charge is 2.21. The second-order valence-corrected chi connectivity index (χ2v) is 7.20. The third-order valence-electron chi connectivity index (χ3n) is 5.36. The van der Waals surface area contributed by atoms with E-state index in [1.165, 1.54) is 11.1 Å². The number of benzene rings is 3. The van der Waals surface area contributed by atoms with Crippen LogP contribution in [0.15, 0.2) is 66.7 Å². The van der Waals surface area contributed by atoms with Crippen LogP contribution in [-0.2, 0) is 11.2 Å². The Bertz CT molecular complexity index is 992. The summed E-state index contributed by atoms with van der Waals surface area (Å²) in [7, 11) is 0. The molecule has 0 saturated carbocycles. The summed E-state index contributed by atoms with van der Waals surface area (Å²) in [6.45, 7) is 0. The minimum Gasteiger partial charge on any atom is -0.349 e. The maximum atomic E-state index is 12.5. The quantitative estimate of drug-likeness (QED) is 0.653. The van der Waals surface area contributed by atoms with Crippen LogP contribution in [0.1, 0.15) is 53.2 Å². The molecule has 0 aromatic heterocycles. The van der Waals surface area contributed by atoms with Crippen LogP contribution in [0.3, 0.4) is 0 Å². The normalized spacial score (nSPS) is 15.9. The third kappa shape index (κ3) is 3.92. The lowest BCUT2D eigenvalue weighted by molar-refractivity contribution is -0.121. The van der Waals surface area contributed by atoms with Gasteiger partial charge in [0.25, 0.3) is 0 Å². The number of aryl methyl sites for hydroxylation is 1. The Kier molecular flexibility index (Phi) is 5.01. The highest BCUT2D eigenvalue weighted by atomic mass is 16.2. The van der Waals surface area contributed by atoms with E-state index in [2.05, 4.69) is 17.4 Å². The number of carbonyl (C=O) groups excluding carboxylic acids is 2. The number of nitrogens with one attached hydrogen (secondary N) is 1. The fraction of sp³-hybridized carbons (Fsp3) is 0.250. The lowest BCUT2D eigenvalue weighted by Gasteiger charge is -2.26. The van der Waals surface area contributed by atoms with Gasteiger partial charge in [-0.15, -0.1) is 0 Å². The van der Waals surface area contributed by atoms with Gasteiger partial charge in [0.2, 0.25) is 5.91 Å². The summed E-state index contributed by atoms with van der Waals surface area (Å²) in [6.07, 6.45) is 3.57. The Labute approximate surface area is 159 Å². The highest BCUT2D eigenvalue weighted by molar-refractivity contribution is 6.01. The lowest BCUT2D eigenvalue weighted by atomic mass is 9.87. The molecule has 0 unspecified atom stereocenters. The van der Waals surface area contributed by atoms with Gasteiger partial charge in [0.05, 0.1) is 6.04 Å². The van der Waals surface area contributed by atoms with Crippen molar-refractivity contribution in [3.05, 3.63) is 83.4 Å². The monoisotopic (exact) mass is 357 g/mol. The van der Waals surface area contributed by atoms with Crippen molar-refractivity contribution >= 4 is 22.5 Å². The molecule has 3 heteroatoms. The third-order valence-corrected chi connectivity index (χ3v) is 5.36. The average Bonchev–Trinajstić information content (AvgIpc) is 2.72. The van der Waals surface area contributed by atoms with Crippen molar-refractivity contribution in [2.75, 3.05) is 0 Å². The topological polar surface area (TPSA) is 46.2 Å². The SMILES string of the molecule is O=C(CCC(=O)c1ccc2ccccc2c1)N[C@@H]1CCCc2ccccc21. The predicted octanol–water partition coefficient (Wildman–Crippen LogP) is 5.00. The molecular weight excluding hydrogens is 334 g/mol. The van der Waals surface area contributed by atoms with E-state index < -0.39 is 0 Å². The average molecular weight is 357 g/mol. The Morgan fingerprint density at radius 3 is 2.56 bits per heavy atom. The molecular formula is C24H23NO2. The van der Waals surface area contributed by atoms with Gasteiger partial charge in [0, 0.05) is 18.4 Å². The van der Waals surface area contributed by atoms with Crippen LogP contribution < -0.4 is 5.32 Å². The molecule has 1 N–H and O–H groups in total. The highest BCUT2D eigenvalue weighted by Crippen LogP contribution is 2.29. The van der Waals surface area contributed by atoms with E-state index in [0.29, 0.717) is 5.56 Å². The number of fused-ring (bicyclic) bond motifs is 2. The second kappa shape index (κ2) is 7.75. The molecule has 136 valence electrons. The molecule has 3 nitrogen and oxygen atoms in total. The molecule has 0 heterocycles. The van der Waals surface area contributed by atoms with Crippen LogP contribution >= 0.6 is 0 Å². The first-order valence-electron chi connectivity index (χ1n) is 9.60.